The number of carbonyl (C=O) groups excluding carboxylic acids is 1. The minimum Gasteiger partial charge on any atom is -0.390 e. The van der Waals surface area contributed by atoms with Crippen LogP contribution in [0.4, 0.5) is 5.69 Å². The average Bonchev–Trinajstić information content (AvgIpc) is 3.24. The van der Waals surface area contributed by atoms with Crippen molar-refractivity contribution in [3.05, 3.63) is 69.3 Å². The number of β-amino-alcohol motifs (C(OH)–C–C–N with tert-alkyl or cyclic N) is 1. The Morgan fingerprint density at radius 3 is 2.49 bits per heavy atom. The molecule has 2 N–H and O–H groups in total. The lowest BCUT2D eigenvalue weighted by Crippen LogP contribution is -2.43. The molecule has 0 bridgehead atoms. The van der Waals surface area contributed by atoms with Crippen LogP contribution in [0.2, 0.25) is 5.02 Å². The number of aliphatic hydroxyl groups excluding tert-OH is 1. The van der Waals surface area contributed by atoms with Crippen LogP contribution in [0, 0.1) is 0 Å². The van der Waals surface area contributed by atoms with E-state index in [4.69, 9.17) is 16.7 Å². The molecule has 2 aliphatic rings. The molecule has 9 heteroatoms. The summed E-state index contributed by atoms with van der Waals surface area (Å²) in [5.74, 6) is 0.0681. The van der Waals surface area contributed by atoms with Gasteiger partial charge in [-0.15, -0.1) is 0 Å². The van der Waals surface area contributed by atoms with E-state index in [1.54, 1.807) is 6.92 Å². The first-order chi connectivity index (χ1) is 17.9. The number of amides is 1. The topological polar surface area (TPSA) is 73.6 Å². The van der Waals surface area contributed by atoms with E-state index in [-0.39, 0.29) is 5.91 Å². The van der Waals surface area contributed by atoms with Crippen LogP contribution in [0.25, 0.3) is 11.3 Å². The highest BCUT2D eigenvalue weighted by molar-refractivity contribution is 9.10. The van der Waals surface area contributed by atoms with Gasteiger partial charge < -0.3 is 20.2 Å². The number of nitrogens with one attached hydrogen (secondary N) is 1. The number of piperidine rings is 1. The van der Waals surface area contributed by atoms with Crippen molar-refractivity contribution in [2.75, 3.05) is 31.5 Å². The van der Waals surface area contributed by atoms with E-state index >= 15 is 0 Å². The van der Waals surface area contributed by atoms with Crippen molar-refractivity contribution in [3.63, 3.8) is 0 Å². The van der Waals surface area contributed by atoms with E-state index in [9.17, 15) is 9.90 Å². The van der Waals surface area contributed by atoms with Gasteiger partial charge in [-0.25, -0.2) is 0 Å². The Hall–Kier alpha value is -2.39. The van der Waals surface area contributed by atoms with Crippen molar-refractivity contribution in [2.45, 2.75) is 51.4 Å². The van der Waals surface area contributed by atoms with Crippen molar-refractivity contribution in [2.24, 2.45) is 0 Å². The molecule has 1 atom stereocenters. The smallest absolute Gasteiger partial charge is 0.219 e. The largest absolute Gasteiger partial charge is 0.390 e. The molecular formula is C28H33BrClN5O2. The van der Waals surface area contributed by atoms with E-state index in [0.717, 1.165) is 65.0 Å². The molecule has 0 radical (unpaired) electrons. The van der Waals surface area contributed by atoms with Gasteiger partial charge in [-0.2, -0.15) is 5.10 Å². The minimum atomic E-state index is -0.524. The van der Waals surface area contributed by atoms with Gasteiger partial charge in [-0.05, 0) is 49.2 Å². The molecule has 37 heavy (non-hydrogen) atoms. The normalized spacial score (nSPS) is 17.5. The third-order valence-electron chi connectivity index (χ3n) is 7.35. The van der Waals surface area contributed by atoms with Gasteiger partial charge in [0.2, 0.25) is 5.91 Å². The number of halogens is 2. The Morgan fingerprint density at radius 2 is 1.81 bits per heavy atom. The minimum absolute atomic E-state index is 0.0681. The molecule has 5 rings (SSSR count). The molecule has 2 aromatic carbocycles. The second-order valence-corrected chi connectivity index (χ2v) is 11.4. The molecule has 1 saturated heterocycles. The van der Waals surface area contributed by atoms with E-state index in [1.807, 2.05) is 33.8 Å². The summed E-state index contributed by atoms with van der Waals surface area (Å²) in [4.78, 5) is 16.3. The molecule has 0 aliphatic carbocycles. The lowest BCUT2D eigenvalue weighted by Gasteiger charge is -2.34. The first-order valence-corrected chi connectivity index (χ1v) is 14.1. The third kappa shape index (κ3) is 6.37. The molecule has 0 saturated carbocycles. The van der Waals surface area contributed by atoms with E-state index in [0.29, 0.717) is 37.2 Å². The highest BCUT2D eigenvalue weighted by Crippen LogP contribution is 2.31. The lowest BCUT2D eigenvalue weighted by atomic mass is 10.0. The van der Waals surface area contributed by atoms with Crippen LogP contribution in [0.15, 0.2) is 53.0 Å². The number of hydrogen-bond donors (Lipinski definition) is 2. The molecule has 1 fully saturated rings. The number of benzene rings is 2. The van der Waals surface area contributed by atoms with Crippen molar-refractivity contribution < 1.29 is 9.90 Å². The van der Waals surface area contributed by atoms with Gasteiger partial charge in [-0.3, -0.25) is 9.48 Å². The molecule has 3 aromatic rings. The molecule has 1 aromatic heterocycles. The second-order valence-electron chi connectivity index (χ2n) is 10.0. The monoisotopic (exact) mass is 585 g/mol. The molecule has 2 aliphatic heterocycles. The summed E-state index contributed by atoms with van der Waals surface area (Å²) in [6, 6.07) is 16.4. The third-order valence-corrected chi connectivity index (χ3v) is 8.13. The molecule has 0 spiro atoms. The fourth-order valence-electron chi connectivity index (χ4n) is 5.35. The van der Waals surface area contributed by atoms with Crippen LogP contribution in [0.3, 0.4) is 0 Å². The quantitative estimate of drug-likeness (QED) is 0.416. The summed E-state index contributed by atoms with van der Waals surface area (Å²) in [5.41, 5.74) is 5.16. The lowest BCUT2D eigenvalue weighted by molar-refractivity contribution is -0.129. The Balaban J connectivity index is 1.22. The zero-order valence-electron chi connectivity index (χ0n) is 21.0. The van der Waals surface area contributed by atoms with Crippen LogP contribution in [0.1, 0.15) is 31.0 Å². The van der Waals surface area contributed by atoms with Gasteiger partial charge in [0.25, 0.3) is 0 Å². The average molecular weight is 587 g/mol. The Kier molecular flexibility index (Phi) is 8.19. The number of aromatic nitrogens is 2. The maximum Gasteiger partial charge on any atom is 0.219 e. The molecule has 1 unspecified atom stereocenters. The van der Waals surface area contributed by atoms with Crippen LogP contribution in [-0.2, 0) is 24.3 Å². The van der Waals surface area contributed by atoms with Gasteiger partial charge in [0.15, 0.2) is 0 Å². The molecule has 196 valence electrons. The SMILES string of the molecule is CC(=O)N1CCc2c(c(-c3ccc(Cl)cc3)nn2CC(O)CN2CCC(Nc3ccc(Br)cc3)CC2)C1. The Labute approximate surface area is 231 Å². The summed E-state index contributed by atoms with van der Waals surface area (Å²) >= 11 is 9.59. The number of carbonyl (C=O) groups is 1. The summed E-state index contributed by atoms with van der Waals surface area (Å²) in [6.45, 7) is 5.78. The van der Waals surface area contributed by atoms with E-state index < -0.39 is 6.10 Å². The Morgan fingerprint density at radius 1 is 1.11 bits per heavy atom. The highest BCUT2D eigenvalue weighted by Gasteiger charge is 2.28. The van der Waals surface area contributed by atoms with Crippen molar-refractivity contribution in [1.82, 2.24) is 19.6 Å². The number of nitrogens with zero attached hydrogens (tertiary/aromatic N) is 4. The fraction of sp³-hybridized carbons (Fsp3) is 0.429. The van der Waals surface area contributed by atoms with Gasteiger partial charge in [0, 0.05) is 84.1 Å². The van der Waals surface area contributed by atoms with Gasteiger partial charge in [-0.1, -0.05) is 39.7 Å². The van der Waals surface area contributed by atoms with Crippen LogP contribution < -0.4 is 5.32 Å². The van der Waals surface area contributed by atoms with Crippen molar-refractivity contribution in [1.29, 1.82) is 0 Å². The fourth-order valence-corrected chi connectivity index (χ4v) is 5.74. The number of rotatable bonds is 7. The number of likely N-dealkylation sites (tertiary alicyclic amines) is 1. The first-order valence-electron chi connectivity index (χ1n) is 12.9. The van der Waals surface area contributed by atoms with Crippen LogP contribution in [-0.4, -0.2) is 68.9 Å². The standard InChI is InChI=1S/C28H33BrClN5O2/c1-19(36)34-15-12-27-26(18-34)28(20-2-6-22(30)7-3-20)32-35(27)17-25(37)16-33-13-10-24(11-14-33)31-23-8-4-21(29)5-9-23/h2-9,24-25,31,37H,10-18H2,1H3. The predicted octanol–water partition coefficient (Wildman–Crippen LogP) is 4.81. The predicted molar refractivity (Wildman–Crippen MR) is 151 cm³/mol. The van der Waals surface area contributed by atoms with Crippen LogP contribution in [0.5, 0.6) is 0 Å². The van der Waals surface area contributed by atoms with E-state index in [1.165, 1.54) is 0 Å². The van der Waals surface area contributed by atoms with Crippen molar-refractivity contribution in [3.8, 4) is 11.3 Å². The zero-order valence-corrected chi connectivity index (χ0v) is 23.4. The summed E-state index contributed by atoms with van der Waals surface area (Å²) < 4.78 is 3.04. The molecular weight excluding hydrogens is 554 g/mol. The number of anilines is 1. The zero-order chi connectivity index (χ0) is 25.9. The Bertz CT molecular complexity index is 1220. The molecule has 3 heterocycles. The number of hydrogen-bond acceptors (Lipinski definition) is 5. The van der Waals surface area contributed by atoms with Gasteiger partial charge in [0.1, 0.15) is 0 Å². The first kappa shape index (κ1) is 26.2. The highest BCUT2D eigenvalue weighted by atomic mass is 79.9. The van der Waals surface area contributed by atoms with Crippen molar-refractivity contribution >= 4 is 39.1 Å². The maximum absolute atomic E-state index is 12.1. The summed E-state index contributed by atoms with van der Waals surface area (Å²) in [6.07, 6.45) is 2.29. The van der Waals surface area contributed by atoms with Crippen LogP contribution >= 0.6 is 27.5 Å². The maximum atomic E-state index is 12.1. The summed E-state index contributed by atoms with van der Waals surface area (Å²) in [5, 5.41) is 20.3. The van der Waals surface area contributed by atoms with Gasteiger partial charge >= 0.3 is 0 Å². The number of fused-ring (bicyclic) bond motifs is 1. The molecule has 7 nitrogen and oxygen atoms in total. The second kappa shape index (κ2) is 11.6. The number of aliphatic hydroxyl groups is 1. The molecule has 1 amide bonds. The van der Waals surface area contributed by atoms with E-state index in [2.05, 4.69) is 50.4 Å². The van der Waals surface area contributed by atoms with Gasteiger partial charge in [0.05, 0.1) is 18.3 Å². The summed E-state index contributed by atoms with van der Waals surface area (Å²) in [7, 11) is 0.